The summed E-state index contributed by atoms with van der Waals surface area (Å²) in [5.74, 6) is -12.4. The number of nitrogens with zero attached hydrogens (tertiary/aromatic N) is 2. The summed E-state index contributed by atoms with van der Waals surface area (Å²) in [6.07, 6.45) is -17.9. The number of rotatable bonds is 11. The maximum absolute atomic E-state index is 14.5. The fourth-order valence-corrected chi connectivity index (χ4v) is 8.60. The first-order chi connectivity index (χ1) is 33.7. The number of ether oxygens (including phenoxy) is 1. The summed E-state index contributed by atoms with van der Waals surface area (Å²) in [5, 5.41) is 99.4. The Morgan fingerprint density at radius 2 is 1.45 bits per heavy atom. The van der Waals surface area contributed by atoms with Gasteiger partial charge in [-0.1, -0.05) is 31.2 Å². The number of fused-ring (bicyclic) bond motifs is 2. The third-order valence-electron chi connectivity index (χ3n) is 11.9. The largest absolute Gasteiger partial charge is 1.00 e. The van der Waals surface area contributed by atoms with E-state index in [9.17, 15) is 92.2 Å². The predicted molar refractivity (Wildman–Crippen MR) is 237 cm³/mol. The van der Waals surface area contributed by atoms with Crippen molar-refractivity contribution in [1.29, 1.82) is 0 Å². The molecule has 0 bridgehead atoms. The fraction of sp³-hybridized carbons (Fsp3) is 0.524. The minimum absolute atomic E-state index is 0. The smallest absolute Gasteiger partial charge is 0.716 e. The quantitative estimate of drug-likeness (QED) is 0.0564. The Bertz CT molecular complexity index is 2480. The van der Waals surface area contributed by atoms with E-state index in [1.807, 2.05) is 5.32 Å². The van der Waals surface area contributed by atoms with Gasteiger partial charge in [0.25, 0.3) is 10.4 Å². The molecule has 3 heterocycles. The summed E-state index contributed by atoms with van der Waals surface area (Å²) in [6.45, 7) is 0.524. The Hall–Kier alpha value is -5.77. The number of aliphatic hydroxyl groups excluding tert-OH is 7. The fourth-order valence-electron chi connectivity index (χ4n) is 8.25. The number of nitrogens with two attached hydrogens (primary N) is 1. The SMILES string of the molecule is C[C@@H](O)C1NC(=O)[C@@H](NC(=O)Oc2ccccc2)C[C@H](O)CNC(=O)C2[C@@H](O)[C@@H](C)CN2C(=O)C([C@H](O)CC(N)=O)NC(=O)C([C@H](O)[C@@H](O)c2ccc(O)c(OS(=O)(=O)[O-])c2)NC(=O)C2C[C@@H](O)CN2C1=O.[Na+]. The number of carbonyl (C=O) groups excluding carboxylic acids is 8. The van der Waals surface area contributed by atoms with Gasteiger partial charge in [-0.3, -0.25) is 33.6 Å². The molecule has 31 heteroatoms. The summed E-state index contributed by atoms with van der Waals surface area (Å²) in [5.41, 5.74) is 4.70. The summed E-state index contributed by atoms with van der Waals surface area (Å²) in [7, 11) is -5.57. The third kappa shape index (κ3) is 15.4. The number of aromatic hydroxyl groups is 1. The standard InChI is InChI=1S/C42H56N8O21S.Na/c1-17-15-50-32(33(17)57)39(63)44-14-20(52)11-23(45-42(66)70-22-6-4-3-5-7-22)36(60)46-29(18(2)51)40(64)49-16-21(53)12-24(49)37(61)48-31(38(62)47-30(41(50)65)26(55)13-28(43)56)35(59)34(58)19-8-9-25(54)27(10-19)71-72(67,68)69;/h3-10,17-18,20-21,23-24,26,29-35,51-55,57-59H,11-16H2,1-2H3,(H2,43,56)(H,44,63)(H,45,66)(H,46,60)(H,47,62)(H,48,61)(H,67,68,69);/q;+1/p-1/t17-,18+,20-,21+,23-,24?,26+,29?,30?,31?,32?,33-,34-,35-;/m0./s1. The minimum Gasteiger partial charge on any atom is -0.716 e. The number of phenolic OH excluding ortho intramolecular Hbond substituents is 1. The van der Waals surface area contributed by atoms with Gasteiger partial charge in [0.1, 0.15) is 54.2 Å². The molecule has 3 saturated heterocycles. The van der Waals surface area contributed by atoms with Crippen molar-refractivity contribution in [2.45, 2.75) is 112 Å². The van der Waals surface area contributed by atoms with E-state index in [0.717, 1.165) is 13.0 Å². The van der Waals surface area contributed by atoms with Crippen LogP contribution < -0.4 is 70.8 Å². The van der Waals surface area contributed by atoms with Gasteiger partial charge in [0.2, 0.25) is 41.4 Å². The van der Waals surface area contributed by atoms with Crippen molar-refractivity contribution in [2.75, 3.05) is 19.6 Å². The maximum Gasteiger partial charge on any atom is 1.00 e. The summed E-state index contributed by atoms with van der Waals surface area (Å²) in [6, 6.07) is -3.00. The number of para-hydroxylation sites is 1. The molecule has 5 unspecified atom stereocenters. The van der Waals surface area contributed by atoms with Gasteiger partial charge in [0.15, 0.2) is 11.5 Å². The van der Waals surface area contributed by atoms with Crippen molar-refractivity contribution in [3.63, 3.8) is 0 Å². The minimum atomic E-state index is -5.57. The van der Waals surface area contributed by atoms with Crippen LogP contribution >= 0.6 is 0 Å². The average molecular weight is 1060 g/mol. The zero-order valence-electron chi connectivity index (χ0n) is 39.2. The van der Waals surface area contributed by atoms with E-state index in [4.69, 9.17) is 10.5 Å². The first kappa shape index (κ1) is 59.8. The Morgan fingerprint density at radius 1 is 0.836 bits per heavy atom. The number of hydrogen-bond acceptors (Lipinski definition) is 21. The number of hydrogen-bond donors (Lipinski definition) is 14. The molecule has 396 valence electrons. The maximum atomic E-state index is 14.5. The normalized spacial score (nSPS) is 28.5. The van der Waals surface area contributed by atoms with Gasteiger partial charge in [-0.25, -0.2) is 13.2 Å². The molecule has 0 aromatic heterocycles. The second-order valence-corrected chi connectivity index (χ2v) is 18.4. The van der Waals surface area contributed by atoms with Gasteiger partial charge in [-0.05, 0) is 36.8 Å². The second kappa shape index (κ2) is 25.4. The van der Waals surface area contributed by atoms with E-state index in [0.29, 0.717) is 21.9 Å². The summed E-state index contributed by atoms with van der Waals surface area (Å²) in [4.78, 5) is 112. The van der Waals surface area contributed by atoms with E-state index in [1.54, 1.807) is 6.07 Å². The van der Waals surface area contributed by atoms with Gasteiger partial charge < -0.3 is 96.4 Å². The Kier molecular flexibility index (Phi) is 20.8. The molecule has 0 aliphatic carbocycles. The molecule has 0 spiro atoms. The molecule has 73 heavy (non-hydrogen) atoms. The van der Waals surface area contributed by atoms with Crippen LogP contribution in [-0.2, 0) is 44.0 Å². The van der Waals surface area contributed by atoms with Crippen molar-refractivity contribution < 1.29 is 131 Å². The number of β-amino-alcohol motifs (C(OH)–C–C–N with tert-alkyl or cyclic N) is 1. The molecule has 2 aromatic rings. The van der Waals surface area contributed by atoms with Gasteiger partial charge in [-0.2, -0.15) is 0 Å². The number of phenols is 1. The molecule has 2 aromatic carbocycles. The van der Waals surface area contributed by atoms with E-state index in [-0.39, 0.29) is 35.3 Å². The van der Waals surface area contributed by atoms with Crippen molar-refractivity contribution in [3.05, 3.63) is 54.1 Å². The van der Waals surface area contributed by atoms with Crippen molar-refractivity contribution in [1.82, 2.24) is 36.4 Å². The number of amides is 8. The molecular weight excluding hydrogens is 1010 g/mol. The molecule has 14 atom stereocenters. The topological polar surface area (TPSA) is 467 Å². The Balaban J connectivity index is 0.0000116. The van der Waals surface area contributed by atoms with Gasteiger partial charge in [0, 0.05) is 38.4 Å². The second-order valence-electron chi connectivity index (χ2n) is 17.4. The van der Waals surface area contributed by atoms with Gasteiger partial charge in [-0.15, -0.1) is 0 Å². The molecule has 3 aliphatic rings. The number of nitrogens with one attached hydrogen (secondary N) is 5. The first-order valence-electron chi connectivity index (χ1n) is 22.0. The van der Waals surface area contributed by atoms with E-state index >= 15 is 0 Å². The van der Waals surface area contributed by atoms with Crippen LogP contribution in [0.2, 0.25) is 0 Å². The molecule has 0 radical (unpaired) electrons. The molecule has 5 rings (SSSR count). The molecule has 3 aliphatic heterocycles. The monoisotopic (exact) mass is 1060 g/mol. The van der Waals surface area contributed by atoms with Crippen molar-refractivity contribution in [3.8, 4) is 17.2 Å². The molecule has 0 saturated carbocycles. The number of carbonyl (C=O) groups is 8. The van der Waals surface area contributed by atoms with Crippen LogP contribution in [0.4, 0.5) is 4.79 Å². The van der Waals surface area contributed by atoms with Crippen LogP contribution in [0, 0.1) is 5.92 Å². The molecule has 29 nitrogen and oxygen atoms in total. The number of primary amides is 1. The van der Waals surface area contributed by atoms with Crippen LogP contribution in [0.1, 0.15) is 44.8 Å². The van der Waals surface area contributed by atoms with Crippen LogP contribution in [0.5, 0.6) is 17.2 Å². The molecule has 8 amide bonds. The summed E-state index contributed by atoms with van der Waals surface area (Å²) >= 11 is 0. The Labute approximate surface area is 437 Å². The van der Waals surface area contributed by atoms with Crippen LogP contribution in [0.25, 0.3) is 0 Å². The van der Waals surface area contributed by atoms with E-state index in [1.165, 1.54) is 31.2 Å². The zero-order chi connectivity index (χ0) is 53.5. The Morgan fingerprint density at radius 3 is 2.07 bits per heavy atom. The third-order valence-corrected chi connectivity index (χ3v) is 12.3. The molecule has 15 N–H and O–H groups in total. The average Bonchev–Trinajstić information content (AvgIpc) is 3.84. The van der Waals surface area contributed by atoms with Crippen molar-refractivity contribution in [2.24, 2.45) is 11.7 Å². The molecular formula is C42H55N8NaO21S. The van der Waals surface area contributed by atoms with Crippen LogP contribution in [0.3, 0.4) is 0 Å². The first-order valence-corrected chi connectivity index (χ1v) is 23.4. The van der Waals surface area contributed by atoms with E-state index in [2.05, 4.69) is 25.5 Å². The number of benzene rings is 2. The van der Waals surface area contributed by atoms with E-state index < -0.39 is 199 Å². The predicted octanol–water partition coefficient (Wildman–Crippen LogP) is -10.1. The molecule has 3 fully saturated rings. The van der Waals surface area contributed by atoms with Crippen LogP contribution in [-0.4, -0.2) is 204 Å². The summed E-state index contributed by atoms with van der Waals surface area (Å²) < 4.78 is 43.5. The van der Waals surface area contributed by atoms with Crippen LogP contribution in [0.15, 0.2) is 48.5 Å². The van der Waals surface area contributed by atoms with Gasteiger partial charge >= 0.3 is 35.7 Å². The zero-order valence-corrected chi connectivity index (χ0v) is 42.0. The number of aliphatic hydroxyl groups is 7. The van der Waals surface area contributed by atoms with Crippen molar-refractivity contribution >= 4 is 57.8 Å². The van der Waals surface area contributed by atoms with Gasteiger partial charge in [0.05, 0.1) is 36.9 Å².